The second-order valence-corrected chi connectivity index (χ2v) is 5.71. The van der Waals surface area contributed by atoms with Crippen molar-refractivity contribution in [3.05, 3.63) is 35.1 Å². The van der Waals surface area contributed by atoms with E-state index in [0.717, 1.165) is 21.6 Å². The van der Waals surface area contributed by atoms with Crippen LogP contribution in [-0.2, 0) is 7.05 Å². The van der Waals surface area contributed by atoms with Crippen molar-refractivity contribution in [1.29, 1.82) is 0 Å². The molecule has 102 valence electrons. The third kappa shape index (κ3) is 3.49. The molecule has 0 aliphatic rings. The van der Waals surface area contributed by atoms with E-state index < -0.39 is 0 Å². The molecule has 6 heteroatoms. The molecule has 1 atom stereocenters. The lowest BCUT2D eigenvalue weighted by molar-refractivity contribution is 0.598. The van der Waals surface area contributed by atoms with Crippen molar-refractivity contribution in [2.75, 3.05) is 6.54 Å². The molecule has 0 spiro atoms. The van der Waals surface area contributed by atoms with E-state index in [-0.39, 0.29) is 0 Å². The summed E-state index contributed by atoms with van der Waals surface area (Å²) in [5.74, 6) is 0. The smallest absolute Gasteiger partial charge is 0.195 e. The quantitative estimate of drug-likeness (QED) is 0.919. The largest absolute Gasteiger partial charge is 0.311 e. The molecule has 2 rings (SSSR count). The molecule has 19 heavy (non-hydrogen) atoms. The lowest BCUT2D eigenvalue weighted by atomic mass is 10.1. The number of rotatable bonds is 5. The van der Waals surface area contributed by atoms with E-state index in [1.807, 2.05) is 23.7 Å². The van der Waals surface area contributed by atoms with Crippen molar-refractivity contribution in [3.63, 3.8) is 0 Å². The van der Waals surface area contributed by atoms with Crippen LogP contribution in [0.3, 0.4) is 0 Å². The van der Waals surface area contributed by atoms with Crippen LogP contribution in [-0.4, -0.2) is 21.3 Å². The lowest BCUT2D eigenvalue weighted by Gasteiger charge is -2.14. The molecular weight excluding hydrogens is 280 g/mol. The predicted molar refractivity (Wildman–Crippen MR) is 78.7 cm³/mol. The maximum Gasteiger partial charge on any atom is 0.195 e. The van der Waals surface area contributed by atoms with Crippen LogP contribution in [0, 0.1) is 0 Å². The summed E-state index contributed by atoms with van der Waals surface area (Å²) in [6, 6.07) is 6.44. The Morgan fingerprint density at radius 3 is 2.84 bits per heavy atom. The van der Waals surface area contributed by atoms with Gasteiger partial charge in [0, 0.05) is 18.0 Å². The number of aromatic nitrogens is 3. The first-order valence-electron chi connectivity index (χ1n) is 6.16. The van der Waals surface area contributed by atoms with Gasteiger partial charge in [0.2, 0.25) is 0 Å². The molecule has 1 aromatic heterocycles. The zero-order valence-corrected chi connectivity index (χ0v) is 12.8. The highest BCUT2D eigenvalue weighted by Gasteiger charge is 2.10. The molecule has 0 radical (unpaired) electrons. The fourth-order valence-electron chi connectivity index (χ4n) is 1.76. The number of benzene rings is 1. The highest BCUT2D eigenvalue weighted by molar-refractivity contribution is 7.99. The molecule has 0 fully saturated rings. The highest BCUT2D eigenvalue weighted by atomic mass is 35.5. The van der Waals surface area contributed by atoms with Crippen molar-refractivity contribution in [1.82, 2.24) is 20.1 Å². The monoisotopic (exact) mass is 296 g/mol. The maximum absolute atomic E-state index is 6.34. The molecule has 4 nitrogen and oxygen atoms in total. The van der Waals surface area contributed by atoms with E-state index >= 15 is 0 Å². The van der Waals surface area contributed by atoms with Gasteiger partial charge in [-0.3, -0.25) is 0 Å². The minimum absolute atomic E-state index is 0.302. The molecule has 1 N–H and O–H groups in total. The topological polar surface area (TPSA) is 42.7 Å². The van der Waals surface area contributed by atoms with Crippen LogP contribution < -0.4 is 5.32 Å². The van der Waals surface area contributed by atoms with Crippen LogP contribution in [0.1, 0.15) is 25.5 Å². The van der Waals surface area contributed by atoms with E-state index in [2.05, 4.69) is 35.4 Å². The summed E-state index contributed by atoms with van der Waals surface area (Å²) in [5, 5.41) is 12.8. The van der Waals surface area contributed by atoms with Crippen molar-refractivity contribution in [3.8, 4) is 0 Å². The SMILES string of the molecule is CCNC(C)c1ccc(Sc2nncn2C)c(Cl)c1. The first-order valence-corrected chi connectivity index (χ1v) is 7.36. The maximum atomic E-state index is 6.34. The van der Waals surface area contributed by atoms with Crippen molar-refractivity contribution in [2.24, 2.45) is 7.05 Å². The molecule has 0 bridgehead atoms. The van der Waals surface area contributed by atoms with Crippen LogP contribution in [0.4, 0.5) is 0 Å². The first kappa shape index (κ1) is 14.4. The second kappa shape index (κ2) is 6.41. The van der Waals surface area contributed by atoms with Crippen LogP contribution in [0.25, 0.3) is 0 Å². The van der Waals surface area contributed by atoms with E-state index in [9.17, 15) is 0 Å². The van der Waals surface area contributed by atoms with Gasteiger partial charge in [0.05, 0.1) is 5.02 Å². The first-order chi connectivity index (χ1) is 9.11. The number of halogens is 1. The normalized spacial score (nSPS) is 12.6. The zero-order valence-electron chi connectivity index (χ0n) is 11.2. The number of hydrogen-bond donors (Lipinski definition) is 1. The molecule has 0 saturated carbocycles. The highest BCUT2D eigenvalue weighted by Crippen LogP contribution is 2.33. The minimum Gasteiger partial charge on any atom is -0.311 e. The van der Waals surface area contributed by atoms with Crippen molar-refractivity contribution < 1.29 is 0 Å². The fourth-order valence-corrected chi connectivity index (χ4v) is 2.83. The predicted octanol–water partition coefficient (Wildman–Crippen LogP) is 3.29. The van der Waals surface area contributed by atoms with E-state index in [0.29, 0.717) is 6.04 Å². The third-order valence-corrected chi connectivity index (χ3v) is 4.39. The van der Waals surface area contributed by atoms with Gasteiger partial charge >= 0.3 is 0 Å². The average molecular weight is 297 g/mol. The van der Waals surface area contributed by atoms with E-state index in [1.54, 1.807) is 6.33 Å². The Labute approximate surface area is 122 Å². The lowest BCUT2D eigenvalue weighted by Crippen LogP contribution is -2.17. The summed E-state index contributed by atoms with van der Waals surface area (Å²) < 4.78 is 1.87. The third-order valence-electron chi connectivity index (χ3n) is 2.84. The summed E-state index contributed by atoms with van der Waals surface area (Å²) >= 11 is 7.86. The van der Waals surface area contributed by atoms with Crippen LogP contribution in [0.5, 0.6) is 0 Å². The molecule has 1 unspecified atom stereocenters. The summed E-state index contributed by atoms with van der Waals surface area (Å²) in [5.41, 5.74) is 1.19. The van der Waals surface area contributed by atoms with Gasteiger partial charge in [-0.2, -0.15) is 0 Å². The summed E-state index contributed by atoms with van der Waals surface area (Å²) in [6.45, 7) is 5.16. The average Bonchev–Trinajstić information content (AvgIpc) is 2.78. The van der Waals surface area contributed by atoms with Gasteiger partial charge < -0.3 is 9.88 Å². The van der Waals surface area contributed by atoms with Gasteiger partial charge in [0.1, 0.15) is 6.33 Å². The Kier molecular flexibility index (Phi) is 4.85. The van der Waals surface area contributed by atoms with Gasteiger partial charge in [-0.05, 0) is 42.9 Å². The molecule has 1 aromatic carbocycles. The second-order valence-electron chi connectivity index (χ2n) is 4.30. The van der Waals surface area contributed by atoms with Gasteiger partial charge in [0.25, 0.3) is 0 Å². The minimum atomic E-state index is 0.302. The Balaban J connectivity index is 2.18. The number of aryl methyl sites for hydroxylation is 1. The van der Waals surface area contributed by atoms with Gasteiger partial charge in [-0.25, -0.2) is 0 Å². The molecule has 1 heterocycles. The molecule has 0 aliphatic heterocycles. The van der Waals surface area contributed by atoms with Gasteiger partial charge in [-0.15, -0.1) is 10.2 Å². The molecule has 2 aromatic rings. The summed E-state index contributed by atoms with van der Waals surface area (Å²) in [7, 11) is 1.91. The number of hydrogen-bond acceptors (Lipinski definition) is 4. The van der Waals surface area contributed by atoms with Crippen LogP contribution in [0.2, 0.25) is 5.02 Å². The standard InChI is InChI=1S/C13H17ClN4S/c1-4-15-9(2)10-5-6-12(11(14)7-10)19-13-17-16-8-18(13)3/h5-9,15H,4H2,1-3H3. The molecule has 0 saturated heterocycles. The van der Waals surface area contributed by atoms with Crippen LogP contribution in [0.15, 0.2) is 34.6 Å². The zero-order chi connectivity index (χ0) is 13.8. The molecular formula is C13H17ClN4S. The molecule has 0 amide bonds. The van der Waals surface area contributed by atoms with Gasteiger partial charge in [0.15, 0.2) is 5.16 Å². The van der Waals surface area contributed by atoms with E-state index in [4.69, 9.17) is 11.6 Å². The summed E-state index contributed by atoms with van der Waals surface area (Å²) in [6.07, 6.45) is 1.68. The molecule has 0 aliphatic carbocycles. The number of nitrogens with one attached hydrogen (secondary N) is 1. The Morgan fingerprint density at radius 1 is 1.47 bits per heavy atom. The Hall–Kier alpha value is -1.04. The van der Waals surface area contributed by atoms with Crippen LogP contribution >= 0.6 is 23.4 Å². The van der Waals surface area contributed by atoms with Crippen molar-refractivity contribution >= 4 is 23.4 Å². The van der Waals surface area contributed by atoms with Crippen molar-refractivity contribution in [2.45, 2.75) is 29.9 Å². The van der Waals surface area contributed by atoms with E-state index in [1.165, 1.54) is 17.3 Å². The fraction of sp³-hybridized carbons (Fsp3) is 0.385. The summed E-state index contributed by atoms with van der Waals surface area (Å²) in [4.78, 5) is 0.991. The van der Waals surface area contributed by atoms with Gasteiger partial charge in [-0.1, -0.05) is 24.6 Å². The Bertz CT molecular complexity index is 555. The number of nitrogens with zero attached hydrogens (tertiary/aromatic N) is 3. The Morgan fingerprint density at radius 2 is 2.26 bits per heavy atom.